The van der Waals surface area contributed by atoms with E-state index in [0.29, 0.717) is 6.04 Å². The number of aryl methyl sites for hydroxylation is 2. The summed E-state index contributed by atoms with van der Waals surface area (Å²) in [6, 6.07) is 17.7. The highest BCUT2D eigenvalue weighted by atomic mass is 16.2. The molecule has 1 aromatic heterocycles. The summed E-state index contributed by atoms with van der Waals surface area (Å²) in [5.74, 6) is 0.247. The Hall–Kier alpha value is -2.59. The molecule has 0 spiro atoms. The minimum absolute atomic E-state index is 0.247. The molecule has 1 fully saturated rings. The number of carbonyl (C=O) groups is 1. The second-order valence-electron chi connectivity index (χ2n) is 8.83. The van der Waals surface area contributed by atoms with Gasteiger partial charge in [0, 0.05) is 62.3 Å². The van der Waals surface area contributed by atoms with Crippen LogP contribution in [0.15, 0.2) is 48.5 Å². The van der Waals surface area contributed by atoms with Crippen LogP contribution in [0.25, 0.3) is 10.9 Å². The molecule has 5 rings (SSSR count). The van der Waals surface area contributed by atoms with Crippen molar-refractivity contribution < 1.29 is 4.79 Å². The van der Waals surface area contributed by atoms with Crippen LogP contribution in [-0.4, -0.2) is 46.0 Å². The zero-order valence-electron chi connectivity index (χ0n) is 18.1. The lowest BCUT2D eigenvalue weighted by atomic mass is 9.96. The number of fused-ring (bicyclic) bond motifs is 3. The Morgan fingerprint density at radius 1 is 0.967 bits per heavy atom. The number of likely N-dealkylation sites (tertiary alicyclic amines) is 1. The van der Waals surface area contributed by atoms with E-state index in [1.807, 2.05) is 0 Å². The highest BCUT2D eigenvalue weighted by Crippen LogP contribution is 2.33. The first-order valence-corrected chi connectivity index (χ1v) is 11.3. The summed E-state index contributed by atoms with van der Waals surface area (Å²) in [5.41, 5.74) is 6.03. The molecule has 0 saturated carbocycles. The highest BCUT2D eigenvalue weighted by molar-refractivity contribution is 6.09. The molecular formula is C26H31N3O. The van der Waals surface area contributed by atoms with Crippen LogP contribution < -0.4 is 0 Å². The fraction of sp³-hybridized carbons (Fsp3) is 0.423. The molecule has 4 nitrogen and oxygen atoms in total. The van der Waals surface area contributed by atoms with Crippen molar-refractivity contribution in [1.29, 1.82) is 0 Å². The number of hydrogen-bond donors (Lipinski definition) is 0. The lowest BCUT2D eigenvalue weighted by molar-refractivity contribution is 0.0546. The fourth-order valence-electron chi connectivity index (χ4n) is 5.35. The molecule has 2 aliphatic rings. The maximum Gasteiger partial charge on any atom is 0.256 e. The molecular weight excluding hydrogens is 370 g/mol. The molecule has 0 atom stereocenters. The van der Waals surface area contributed by atoms with Crippen LogP contribution in [-0.2, 0) is 26.4 Å². The van der Waals surface area contributed by atoms with E-state index in [4.69, 9.17) is 0 Å². The van der Waals surface area contributed by atoms with Crippen LogP contribution in [0.1, 0.15) is 46.9 Å². The third-order valence-electron chi connectivity index (χ3n) is 7.10. The number of rotatable bonds is 4. The van der Waals surface area contributed by atoms with E-state index in [-0.39, 0.29) is 5.91 Å². The van der Waals surface area contributed by atoms with Crippen molar-refractivity contribution in [2.45, 2.75) is 45.2 Å². The summed E-state index contributed by atoms with van der Waals surface area (Å²) >= 11 is 0. The van der Waals surface area contributed by atoms with E-state index < -0.39 is 0 Å². The molecule has 2 aromatic carbocycles. The van der Waals surface area contributed by atoms with Crippen molar-refractivity contribution in [3.8, 4) is 0 Å². The van der Waals surface area contributed by atoms with Gasteiger partial charge in [0.1, 0.15) is 0 Å². The maximum atomic E-state index is 13.6. The van der Waals surface area contributed by atoms with Gasteiger partial charge in [-0.3, -0.25) is 9.69 Å². The van der Waals surface area contributed by atoms with Gasteiger partial charge >= 0.3 is 0 Å². The Morgan fingerprint density at radius 3 is 2.47 bits per heavy atom. The average Bonchev–Trinajstić information content (AvgIpc) is 3.07. The van der Waals surface area contributed by atoms with Gasteiger partial charge in [0.15, 0.2) is 0 Å². The number of nitrogens with zero attached hydrogens (tertiary/aromatic N) is 3. The monoisotopic (exact) mass is 401 g/mol. The largest absolute Gasteiger partial charge is 0.347 e. The maximum absolute atomic E-state index is 13.6. The van der Waals surface area contributed by atoms with Gasteiger partial charge in [0.2, 0.25) is 0 Å². The zero-order chi connectivity index (χ0) is 20.7. The molecule has 30 heavy (non-hydrogen) atoms. The summed E-state index contributed by atoms with van der Waals surface area (Å²) in [5, 5.41) is 1.14. The average molecular weight is 402 g/mol. The normalized spacial score (nSPS) is 18.2. The molecule has 1 amide bonds. The van der Waals surface area contributed by atoms with E-state index in [9.17, 15) is 4.79 Å². The molecule has 0 N–H and O–H groups in total. The summed E-state index contributed by atoms with van der Waals surface area (Å²) in [6.45, 7) is 6.15. The summed E-state index contributed by atoms with van der Waals surface area (Å²) in [4.78, 5) is 18.3. The standard InChI is InChI=1S/C26H31N3O/c1-3-19-9-10-23-22(17-19)25-24(27(23)2)13-16-29(26(25)30)21-11-14-28(15-12-21)18-20-7-5-4-6-8-20/h4-10,17,21H,3,11-16,18H2,1-2H3. The molecule has 156 valence electrons. The van der Waals surface area contributed by atoms with Gasteiger partial charge in [0.05, 0.1) is 5.56 Å². The number of piperidine rings is 1. The topological polar surface area (TPSA) is 28.5 Å². The minimum atomic E-state index is 0.247. The van der Waals surface area contributed by atoms with Gasteiger partial charge in [-0.2, -0.15) is 0 Å². The number of hydrogen-bond acceptors (Lipinski definition) is 2. The summed E-state index contributed by atoms with van der Waals surface area (Å²) in [7, 11) is 2.11. The van der Waals surface area contributed by atoms with Crippen molar-refractivity contribution in [2.24, 2.45) is 7.05 Å². The van der Waals surface area contributed by atoms with Crippen LogP contribution in [0.4, 0.5) is 0 Å². The Morgan fingerprint density at radius 2 is 1.73 bits per heavy atom. The van der Waals surface area contributed by atoms with Crippen LogP contribution in [0.2, 0.25) is 0 Å². The van der Waals surface area contributed by atoms with Crippen LogP contribution in [0.5, 0.6) is 0 Å². The quantitative estimate of drug-likeness (QED) is 0.648. The van der Waals surface area contributed by atoms with Gasteiger partial charge in [-0.1, -0.05) is 43.3 Å². The van der Waals surface area contributed by atoms with Crippen molar-refractivity contribution in [2.75, 3.05) is 19.6 Å². The molecule has 1 saturated heterocycles. The van der Waals surface area contributed by atoms with Crippen molar-refractivity contribution in [3.63, 3.8) is 0 Å². The van der Waals surface area contributed by atoms with Crippen molar-refractivity contribution >= 4 is 16.8 Å². The molecule has 0 aliphatic carbocycles. The van der Waals surface area contributed by atoms with Gasteiger partial charge in [-0.05, 0) is 42.5 Å². The highest BCUT2D eigenvalue weighted by Gasteiger charge is 2.35. The minimum Gasteiger partial charge on any atom is -0.347 e. The van der Waals surface area contributed by atoms with Crippen molar-refractivity contribution in [3.05, 3.63) is 70.9 Å². The summed E-state index contributed by atoms with van der Waals surface area (Å²) in [6.07, 6.45) is 4.09. The third-order valence-corrected chi connectivity index (χ3v) is 7.10. The molecule has 0 bridgehead atoms. The number of benzene rings is 2. The number of carbonyl (C=O) groups excluding carboxylic acids is 1. The van der Waals surface area contributed by atoms with E-state index in [1.165, 1.54) is 22.3 Å². The van der Waals surface area contributed by atoms with Gasteiger partial charge in [0.25, 0.3) is 5.91 Å². The van der Waals surface area contributed by atoms with E-state index in [1.54, 1.807) is 0 Å². The second-order valence-corrected chi connectivity index (χ2v) is 8.83. The van der Waals surface area contributed by atoms with Gasteiger partial charge in [-0.25, -0.2) is 0 Å². The van der Waals surface area contributed by atoms with Crippen LogP contribution >= 0.6 is 0 Å². The SMILES string of the molecule is CCc1ccc2c(c1)c1c(n2C)CCN(C2CCN(Cc3ccccc3)CC2)C1=O. The smallest absolute Gasteiger partial charge is 0.256 e. The first kappa shape index (κ1) is 19.4. The number of amides is 1. The predicted molar refractivity (Wildman–Crippen MR) is 122 cm³/mol. The first-order chi connectivity index (χ1) is 14.7. The van der Waals surface area contributed by atoms with Gasteiger partial charge < -0.3 is 9.47 Å². The predicted octanol–water partition coefficient (Wildman–Crippen LogP) is 4.40. The van der Waals surface area contributed by atoms with E-state index >= 15 is 0 Å². The molecule has 0 radical (unpaired) electrons. The van der Waals surface area contributed by atoms with Gasteiger partial charge in [-0.15, -0.1) is 0 Å². The Kier molecular flexibility index (Phi) is 5.11. The van der Waals surface area contributed by atoms with E-state index in [2.05, 4.69) is 76.9 Å². The van der Waals surface area contributed by atoms with Crippen LogP contribution in [0, 0.1) is 0 Å². The molecule has 0 unspecified atom stereocenters. The lowest BCUT2D eigenvalue weighted by Gasteiger charge is -2.40. The fourth-order valence-corrected chi connectivity index (χ4v) is 5.35. The molecule has 4 heteroatoms. The van der Waals surface area contributed by atoms with Crippen molar-refractivity contribution in [1.82, 2.24) is 14.4 Å². The lowest BCUT2D eigenvalue weighted by Crippen LogP contribution is -2.49. The summed E-state index contributed by atoms with van der Waals surface area (Å²) < 4.78 is 2.24. The number of aromatic nitrogens is 1. The molecule has 3 heterocycles. The third kappa shape index (κ3) is 3.33. The first-order valence-electron chi connectivity index (χ1n) is 11.3. The Labute approximate surface area is 179 Å². The zero-order valence-corrected chi connectivity index (χ0v) is 18.1. The molecule has 2 aliphatic heterocycles. The van der Waals surface area contributed by atoms with E-state index in [0.717, 1.165) is 62.8 Å². The Balaban J connectivity index is 1.34. The van der Waals surface area contributed by atoms with Crippen LogP contribution in [0.3, 0.4) is 0 Å². The Bertz CT molecular complexity index is 1060. The second kappa shape index (κ2) is 7.92. The molecule has 3 aromatic rings.